The minimum absolute atomic E-state index is 0. The minimum Gasteiger partial charge on any atom is -0.412 e. The summed E-state index contributed by atoms with van der Waals surface area (Å²) in [6.07, 6.45) is 0. The average molecular weight is 743 g/mol. The van der Waals surface area contributed by atoms with Crippen molar-refractivity contribution in [3.63, 3.8) is 0 Å². The molecule has 0 fully saturated rings. The van der Waals surface area contributed by atoms with E-state index in [-0.39, 0.29) is 28.6 Å². The fraction of sp³-hybridized carbons (Fsp3) is 0. The molecule has 0 amide bonds. The van der Waals surface area contributed by atoms with Gasteiger partial charge in [-0.05, 0) is 22.3 Å². The largest absolute Gasteiger partial charge is 0.412 e. The van der Waals surface area contributed by atoms with E-state index in [4.69, 9.17) is 0 Å². The molecule has 5 heteroatoms. The Kier molecular flexibility index (Phi) is 12.8. The van der Waals surface area contributed by atoms with Gasteiger partial charge in [0.15, 0.2) is 23.1 Å². The van der Waals surface area contributed by atoms with Crippen molar-refractivity contribution >= 4 is 23.1 Å². The second-order valence-electron chi connectivity index (χ2n) is 13.0. The molecule has 8 aromatic carbocycles. The summed E-state index contributed by atoms with van der Waals surface area (Å²) in [4.78, 5) is 53.4. The van der Waals surface area contributed by atoms with Crippen molar-refractivity contribution in [3.05, 3.63) is 263 Å². The van der Waals surface area contributed by atoms with Crippen LogP contribution in [0.4, 0.5) is 0 Å². The third-order valence-corrected chi connectivity index (χ3v) is 9.39. The fourth-order valence-electron chi connectivity index (χ4n) is 6.65. The molecule has 0 bridgehead atoms. The highest BCUT2D eigenvalue weighted by atomic mass is 16.1. The van der Waals surface area contributed by atoms with Gasteiger partial charge in [0.1, 0.15) is 0 Å². The highest BCUT2D eigenvalue weighted by Crippen LogP contribution is 2.31. The molecule has 0 atom stereocenters. The van der Waals surface area contributed by atoms with Gasteiger partial charge in [0.25, 0.3) is 0 Å². The van der Waals surface area contributed by atoms with Gasteiger partial charge >= 0.3 is 0 Å². The van der Waals surface area contributed by atoms with Gasteiger partial charge in [-0.2, -0.15) is 0 Å². The highest BCUT2D eigenvalue weighted by molar-refractivity contribution is 6.23. The van der Waals surface area contributed by atoms with Crippen molar-refractivity contribution in [1.29, 1.82) is 0 Å². The van der Waals surface area contributed by atoms with Gasteiger partial charge in [-0.1, -0.05) is 218 Å². The third kappa shape index (κ3) is 8.87. The number of benzene rings is 8. The molecule has 57 heavy (non-hydrogen) atoms. The van der Waals surface area contributed by atoms with E-state index in [1.807, 2.05) is 158 Å². The number of ketones is 4. The smallest absolute Gasteiger partial charge is 0.194 e. The Hall–Kier alpha value is -7.60. The number of hydrogen-bond acceptors (Lipinski definition) is 4. The maximum absolute atomic E-state index is 13.4. The van der Waals surface area contributed by atoms with Crippen molar-refractivity contribution in [2.45, 2.75) is 0 Å². The predicted octanol–water partition coefficient (Wildman–Crippen LogP) is 10.8. The van der Waals surface area contributed by atoms with E-state index in [0.29, 0.717) is 44.5 Å². The molecule has 0 aliphatic rings. The molecule has 0 saturated carbocycles. The second kappa shape index (κ2) is 18.6. The maximum atomic E-state index is 13.4. The van der Waals surface area contributed by atoms with Gasteiger partial charge in [0, 0.05) is 44.5 Å². The second-order valence-corrected chi connectivity index (χ2v) is 13.0. The predicted molar refractivity (Wildman–Crippen MR) is 227 cm³/mol. The van der Waals surface area contributed by atoms with Crippen molar-refractivity contribution in [1.82, 2.24) is 0 Å². The summed E-state index contributed by atoms with van der Waals surface area (Å²) < 4.78 is 0. The van der Waals surface area contributed by atoms with Gasteiger partial charge in [0.05, 0.1) is 0 Å². The van der Waals surface area contributed by atoms with Crippen LogP contribution in [0, 0.1) is 0 Å². The quantitative estimate of drug-likeness (QED) is 0.130. The molecule has 2 N–H and O–H groups in total. The lowest BCUT2D eigenvalue weighted by atomic mass is 9.87. The van der Waals surface area contributed by atoms with Crippen LogP contribution >= 0.6 is 0 Å². The van der Waals surface area contributed by atoms with Crippen LogP contribution in [0.5, 0.6) is 0 Å². The topological polar surface area (TPSA) is 99.8 Å². The Morgan fingerprint density at radius 3 is 0.772 bits per heavy atom. The van der Waals surface area contributed by atoms with E-state index in [1.54, 1.807) is 60.7 Å². The van der Waals surface area contributed by atoms with Gasteiger partial charge in [-0.25, -0.2) is 0 Å². The Morgan fingerprint density at radius 1 is 0.246 bits per heavy atom. The minimum atomic E-state index is -0.155. The first-order chi connectivity index (χ1) is 27.5. The normalized spacial score (nSPS) is 10.2. The number of rotatable bonds is 10. The van der Waals surface area contributed by atoms with Crippen molar-refractivity contribution in [2.75, 3.05) is 0 Å². The summed E-state index contributed by atoms with van der Waals surface area (Å²) >= 11 is 0. The van der Waals surface area contributed by atoms with Gasteiger partial charge in [-0.3, -0.25) is 19.2 Å². The number of carbonyl (C=O) groups is 4. The molecule has 0 aliphatic carbocycles. The molecule has 0 unspecified atom stereocenters. The molecular weight excluding hydrogens is 705 g/mol. The highest BCUT2D eigenvalue weighted by Gasteiger charge is 2.25. The summed E-state index contributed by atoms with van der Waals surface area (Å²) in [5.74, 6) is -0.617. The SMILES string of the molecule is O.O=C(c1ccccc1)c1cccc(-c2ccccc2)c1C(=O)c1ccccc1.O=C(c1ccccc1)c1cccc(-c2ccccc2)c1C(=O)c1ccccc1. The molecule has 0 radical (unpaired) electrons. The summed E-state index contributed by atoms with van der Waals surface area (Å²) in [6.45, 7) is 0. The molecular formula is C52H38O5. The zero-order chi connectivity index (χ0) is 38.7. The summed E-state index contributed by atoms with van der Waals surface area (Å²) in [5.41, 5.74) is 7.30. The van der Waals surface area contributed by atoms with Crippen LogP contribution in [0.2, 0.25) is 0 Å². The molecule has 276 valence electrons. The lowest BCUT2D eigenvalue weighted by Gasteiger charge is -2.14. The Morgan fingerprint density at radius 2 is 0.491 bits per heavy atom. The molecule has 8 rings (SSSR count). The van der Waals surface area contributed by atoms with E-state index in [1.165, 1.54) is 0 Å². The summed E-state index contributed by atoms with van der Waals surface area (Å²) in [5, 5.41) is 0. The zero-order valence-electron chi connectivity index (χ0n) is 30.9. The van der Waals surface area contributed by atoms with Crippen LogP contribution in [-0.4, -0.2) is 28.6 Å². The molecule has 8 aromatic rings. The van der Waals surface area contributed by atoms with Gasteiger partial charge in [-0.15, -0.1) is 0 Å². The molecule has 5 nitrogen and oxygen atoms in total. The third-order valence-electron chi connectivity index (χ3n) is 9.39. The molecule has 0 heterocycles. The summed E-state index contributed by atoms with van der Waals surface area (Å²) in [7, 11) is 0. The Bertz CT molecular complexity index is 2420. The van der Waals surface area contributed by atoms with Crippen LogP contribution in [0.3, 0.4) is 0 Å². The zero-order valence-corrected chi connectivity index (χ0v) is 30.9. The summed E-state index contributed by atoms with van der Waals surface area (Å²) in [6, 6.07) is 66.6. The van der Waals surface area contributed by atoms with E-state index >= 15 is 0 Å². The lowest BCUT2D eigenvalue weighted by molar-refractivity contribution is 0.100. The van der Waals surface area contributed by atoms with E-state index in [0.717, 1.165) is 22.3 Å². The van der Waals surface area contributed by atoms with E-state index in [2.05, 4.69) is 0 Å². The first-order valence-corrected chi connectivity index (χ1v) is 18.3. The van der Waals surface area contributed by atoms with Gasteiger partial charge < -0.3 is 5.48 Å². The number of hydrogen-bond donors (Lipinski definition) is 0. The van der Waals surface area contributed by atoms with Crippen LogP contribution in [-0.2, 0) is 0 Å². The molecule has 0 saturated heterocycles. The molecule has 0 aromatic heterocycles. The van der Waals surface area contributed by atoms with E-state index in [9.17, 15) is 19.2 Å². The van der Waals surface area contributed by atoms with Crippen molar-refractivity contribution < 1.29 is 24.7 Å². The van der Waals surface area contributed by atoms with Crippen LogP contribution in [0.15, 0.2) is 218 Å². The van der Waals surface area contributed by atoms with Crippen LogP contribution in [0.25, 0.3) is 22.3 Å². The first-order valence-electron chi connectivity index (χ1n) is 18.3. The fourth-order valence-corrected chi connectivity index (χ4v) is 6.65. The number of carbonyl (C=O) groups excluding carboxylic acids is 4. The Labute approximate surface area is 331 Å². The standard InChI is InChI=1S/2C26H18O2.H2O/c2*27-25(20-13-6-2-7-14-20)23-18-10-17-22(19-11-4-1-5-12-19)24(23)26(28)21-15-8-3-9-16-21;/h2*1-18H;1H2. The van der Waals surface area contributed by atoms with Gasteiger partial charge in [0.2, 0.25) is 0 Å². The monoisotopic (exact) mass is 742 g/mol. The van der Waals surface area contributed by atoms with Crippen molar-refractivity contribution in [3.8, 4) is 22.3 Å². The maximum Gasteiger partial charge on any atom is 0.194 e. The molecule has 0 aliphatic heterocycles. The van der Waals surface area contributed by atoms with Crippen LogP contribution in [0.1, 0.15) is 63.7 Å². The average Bonchev–Trinajstić information content (AvgIpc) is 3.29. The van der Waals surface area contributed by atoms with E-state index < -0.39 is 0 Å². The molecule has 0 spiro atoms. The first kappa shape index (κ1) is 39.1. The van der Waals surface area contributed by atoms with Crippen LogP contribution < -0.4 is 0 Å². The Balaban J connectivity index is 0.000000189. The lowest BCUT2D eigenvalue weighted by Crippen LogP contribution is -2.13. The van der Waals surface area contributed by atoms with Crippen molar-refractivity contribution in [2.24, 2.45) is 0 Å².